The van der Waals surface area contributed by atoms with Crippen LogP contribution < -0.4 is 16.0 Å². The van der Waals surface area contributed by atoms with Crippen LogP contribution in [-0.2, 0) is 9.47 Å². The Balaban J connectivity index is 1.36. The molecule has 10 nitrogen and oxygen atoms in total. The average molecular weight is 701 g/mol. The van der Waals surface area contributed by atoms with Crippen molar-refractivity contribution in [2.75, 3.05) is 26.2 Å². The number of piperazine rings is 1. The highest BCUT2D eigenvalue weighted by Gasteiger charge is 2.58. The molecule has 12 unspecified atom stereocenters. The lowest BCUT2D eigenvalue weighted by Gasteiger charge is -2.61. The van der Waals surface area contributed by atoms with Gasteiger partial charge in [-0.2, -0.15) is 0 Å². The Morgan fingerprint density at radius 2 is 1.77 bits per heavy atom. The normalized spacial score (nSPS) is 44.5. The Kier molecular flexibility index (Phi) is 10.8. The lowest BCUT2D eigenvalue weighted by Crippen LogP contribution is -2.80. The van der Waals surface area contributed by atoms with Gasteiger partial charge in [-0.3, -0.25) is 10.2 Å². The van der Waals surface area contributed by atoms with Crippen LogP contribution in [0.2, 0.25) is 0 Å². The van der Waals surface area contributed by atoms with Crippen LogP contribution in [0.4, 0.5) is 18.4 Å². The summed E-state index contributed by atoms with van der Waals surface area (Å²) in [5, 5.41) is 10.4. The Bertz CT molecular complexity index is 1160. The second-order valence-electron chi connectivity index (χ2n) is 16.8. The van der Waals surface area contributed by atoms with Gasteiger partial charge in [0.25, 0.3) is 0 Å². The van der Waals surface area contributed by atoms with Gasteiger partial charge in [0.2, 0.25) is 0 Å². The van der Waals surface area contributed by atoms with Crippen LogP contribution in [-0.4, -0.2) is 125 Å². The third kappa shape index (κ3) is 7.03. The first kappa shape index (κ1) is 36.3. The molecule has 3 amide bonds. The van der Waals surface area contributed by atoms with Crippen LogP contribution in [0.1, 0.15) is 87.0 Å². The van der Waals surface area contributed by atoms with Gasteiger partial charge in [0.1, 0.15) is 17.9 Å². The molecule has 0 spiro atoms. The number of rotatable bonds is 2. The van der Waals surface area contributed by atoms with E-state index in [4.69, 9.17) is 21.1 Å². The molecule has 6 aliphatic rings. The number of urea groups is 1. The summed E-state index contributed by atoms with van der Waals surface area (Å²) >= 11 is 7.26. The van der Waals surface area contributed by atoms with E-state index in [1.165, 1.54) is 0 Å². The molecular weight excluding hydrogens is 642 g/mol. The quantitative estimate of drug-likeness (QED) is 0.355. The van der Waals surface area contributed by atoms with Crippen molar-refractivity contribution < 1.29 is 27.8 Å². The first-order valence-corrected chi connectivity index (χ1v) is 19.0. The molecule has 6 fully saturated rings. The highest BCUT2D eigenvalue weighted by Crippen LogP contribution is 2.44. The number of ether oxygens (including phenoxy) is 2. The maximum absolute atomic E-state index is 16.0. The first-order chi connectivity index (χ1) is 22.7. The predicted molar refractivity (Wildman–Crippen MR) is 181 cm³/mol. The molecule has 1 aliphatic carbocycles. The van der Waals surface area contributed by atoms with Gasteiger partial charge in [0.05, 0.1) is 24.5 Å². The minimum atomic E-state index is -1.26. The summed E-state index contributed by atoms with van der Waals surface area (Å²) in [5.74, 6) is -0.380. The van der Waals surface area contributed by atoms with Gasteiger partial charge >= 0.3 is 12.1 Å². The summed E-state index contributed by atoms with van der Waals surface area (Å²) in [6.45, 7) is 16.3. The van der Waals surface area contributed by atoms with Crippen molar-refractivity contribution in [2.24, 2.45) is 23.7 Å². The van der Waals surface area contributed by atoms with Gasteiger partial charge in [-0.05, 0) is 91.5 Å². The van der Waals surface area contributed by atoms with E-state index in [-0.39, 0.29) is 73.1 Å². The standard InChI is InChI=1S/C35H59ClF2N6O4/c1-18(2)27-29-21(12-13-39-27)9-8-14-47-30-25(38)11-10-24(37)26(30)28-23(36)15-22-31(41-33(45)44(29)32(22)40-28)42-16-20(4)43(17-19(42)3)34(46)48-35(5,6)7/h18-32,39-40H,8-17H2,1-7H3,(H,41,45)/t19-,20-,21?,22?,23?,24?,25?,26?,27?,28?,29?,30?,31?,32?/m0/s1. The van der Waals surface area contributed by atoms with Crippen LogP contribution >= 0.6 is 11.6 Å². The molecule has 0 aromatic rings. The number of piperidine rings is 2. The summed E-state index contributed by atoms with van der Waals surface area (Å²) in [4.78, 5) is 33.9. The largest absolute Gasteiger partial charge is 0.444 e. The molecule has 0 aromatic carbocycles. The van der Waals surface area contributed by atoms with Crippen molar-refractivity contribution in [3.8, 4) is 0 Å². The smallest absolute Gasteiger partial charge is 0.410 e. The fourth-order valence-electron chi connectivity index (χ4n) is 9.80. The van der Waals surface area contributed by atoms with Gasteiger partial charge in [-0.15, -0.1) is 11.6 Å². The maximum Gasteiger partial charge on any atom is 0.410 e. The topological polar surface area (TPSA) is 98.4 Å². The zero-order valence-corrected chi connectivity index (χ0v) is 30.6. The van der Waals surface area contributed by atoms with Crippen LogP contribution in [0, 0.1) is 23.7 Å². The number of alkyl halides is 3. The average Bonchev–Trinajstić information content (AvgIpc) is 3.00. The van der Waals surface area contributed by atoms with Crippen molar-refractivity contribution in [3.63, 3.8) is 0 Å². The van der Waals surface area contributed by atoms with Crippen molar-refractivity contribution in [1.29, 1.82) is 0 Å². The zero-order valence-electron chi connectivity index (χ0n) is 29.8. The number of hydrogen-bond acceptors (Lipinski definition) is 7. The maximum atomic E-state index is 16.0. The second-order valence-corrected chi connectivity index (χ2v) is 17.4. The third-order valence-electron chi connectivity index (χ3n) is 12.0. The molecule has 274 valence electrons. The number of halogens is 3. The van der Waals surface area contributed by atoms with Gasteiger partial charge in [-0.25, -0.2) is 18.4 Å². The van der Waals surface area contributed by atoms with E-state index in [2.05, 4.69) is 41.6 Å². The molecule has 0 radical (unpaired) electrons. The molecule has 48 heavy (non-hydrogen) atoms. The summed E-state index contributed by atoms with van der Waals surface area (Å²) in [5.41, 5.74) is -0.603. The first-order valence-electron chi connectivity index (χ1n) is 18.5. The monoisotopic (exact) mass is 700 g/mol. The van der Waals surface area contributed by atoms with Crippen molar-refractivity contribution in [3.05, 3.63) is 0 Å². The number of fused-ring (bicyclic) bond motifs is 5. The molecular formula is C35H59ClF2N6O4. The second kappa shape index (κ2) is 14.3. The lowest BCUT2D eigenvalue weighted by molar-refractivity contribution is -0.124. The molecule has 13 heteroatoms. The number of nitrogens with zero attached hydrogens (tertiary/aromatic N) is 3. The number of carbonyl (C=O) groups excluding carboxylic acids is 2. The third-order valence-corrected chi connectivity index (χ3v) is 12.4. The lowest BCUT2D eigenvalue weighted by atomic mass is 9.72. The van der Waals surface area contributed by atoms with E-state index < -0.39 is 47.6 Å². The summed E-state index contributed by atoms with van der Waals surface area (Å²) < 4.78 is 43.5. The molecule has 6 rings (SSSR count). The van der Waals surface area contributed by atoms with Crippen LogP contribution in [0.25, 0.3) is 0 Å². The molecule has 5 aliphatic heterocycles. The predicted octanol–water partition coefficient (Wildman–Crippen LogP) is 4.85. The highest BCUT2D eigenvalue weighted by molar-refractivity contribution is 6.21. The van der Waals surface area contributed by atoms with E-state index in [1.54, 1.807) is 4.90 Å². The van der Waals surface area contributed by atoms with E-state index >= 15 is 8.78 Å². The summed E-state index contributed by atoms with van der Waals surface area (Å²) in [7, 11) is 0. The van der Waals surface area contributed by atoms with Gasteiger partial charge in [0, 0.05) is 61.1 Å². The summed E-state index contributed by atoms with van der Waals surface area (Å²) in [6.07, 6.45) is -1.23. The zero-order chi connectivity index (χ0) is 34.7. The SMILES string of the molecule is CC(C)C1NCCC2CCCOC3C(F)CCC(F)C3C3NC4C(CC3Cl)C(N3C[C@H](C)N(C(=O)OC(C)(C)C)C[C@@H]3C)NC(=O)N4C21. The fourth-order valence-corrected chi connectivity index (χ4v) is 10.2. The molecule has 3 N–H and O–H groups in total. The fraction of sp³-hybridized carbons (Fsp3) is 0.943. The van der Waals surface area contributed by atoms with E-state index in [0.29, 0.717) is 26.1 Å². The minimum absolute atomic E-state index is 0.0746. The van der Waals surface area contributed by atoms with Gasteiger partial charge in [0.15, 0.2) is 0 Å². The van der Waals surface area contributed by atoms with Crippen LogP contribution in [0.3, 0.4) is 0 Å². The van der Waals surface area contributed by atoms with Gasteiger partial charge in [-0.1, -0.05) is 13.8 Å². The Morgan fingerprint density at radius 3 is 2.48 bits per heavy atom. The Hall–Kier alpha value is -1.47. The Morgan fingerprint density at radius 1 is 1.04 bits per heavy atom. The summed E-state index contributed by atoms with van der Waals surface area (Å²) in [6, 6.07) is -0.948. The highest BCUT2D eigenvalue weighted by atomic mass is 35.5. The molecule has 5 saturated heterocycles. The van der Waals surface area contributed by atoms with Gasteiger partial charge < -0.3 is 29.9 Å². The number of hydrogen-bond donors (Lipinski definition) is 3. The van der Waals surface area contributed by atoms with Crippen molar-refractivity contribution in [1.82, 2.24) is 30.7 Å². The van der Waals surface area contributed by atoms with Crippen molar-refractivity contribution >= 4 is 23.7 Å². The number of carbonyl (C=O) groups is 2. The van der Waals surface area contributed by atoms with E-state index in [9.17, 15) is 9.59 Å². The van der Waals surface area contributed by atoms with Crippen LogP contribution in [0.5, 0.6) is 0 Å². The molecule has 2 bridgehead atoms. The molecule has 0 aromatic heterocycles. The number of nitrogens with one attached hydrogen (secondary N) is 3. The van der Waals surface area contributed by atoms with E-state index in [1.807, 2.05) is 32.6 Å². The number of amides is 3. The van der Waals surface area contributed by atoms with Crippen molar-refractivity contribution in [2.45, 2.75) is 159 Å². The van der Waals surface area contributed by atoms with E-state index in [0.717, 1.165) is 25.8 Å². The minimum Gasteiger partial charge on any atom is -0.444 e. The Labute approximate surface area is 290 Å². The molecule has 5 heterocycles. The van der Waals surface area contributed by atoms with Crippen LogP contribution in [0.15, 0.2) is 0 Å². The molecule has 1 saturated carbocycles. The molecule has 14 atom stereocenters.